The molecule has 11 heteroatoms. The first kappa shape index (κ1) is 24.1. The molecule has 32 heavy (non-hydrogen) atoms. The van der Waals surface area contributed by atoms with E-state index in [0.29, 0.717) is 5.56 Å². The van der Waals surface area contributed by atoms with E-state index in [2.05, 4.69) is 5.32 Å². The number of rotatable bonds is 8. The Hall–Kier alpha value is -2.53. The highest BCUT2D eigenvalue weighted by molar-refractivity contribution is 7.91. The Bertz CT molecular complexity index is 1080. The number of sulfone groups is 1. The van der Waals surface area contributed by atoms with E-state index in [1.807, 2.05) is 0 Å². The molecular formula is C21H21F5N2O3S. The lowest BCUT2D eigenvalue weighted by Gasteiger charge is -2.29. The summed E-state index contributed by atoms with van der Waals surface area (Å²) in [5, 5.41) is 2.35. The lowest BCUT2D eigenvalue weighted by atomic mass is 10.0. The number of hydrogen-bond donors (Lipinski definition) is 1. The normalized spacial score (nSPS) is 15.8. The number of nitrogens with one attached hydrogen (secondary N) is 1. The number of hydrogen-bond acceptors (Lipinski definition) is 4. The standard InChI is InChI=1S/C21H21F5N2O3S/c1-13(14-5-4-6-15(11-14)21(24,25)26)28(16-9-10-16)12-19(29)27-17-7-2-3-8-18(17)32(30,31)20(22)23/h2-8,11,13,16,20H,9-10,12H2,1H3,(H,27,29). The van der Waals surface area contributed by atoms with Gasteiger partial charge in [0, 0.05) is 12.1 Å². The minimum atomic E-state index is -4.93. The molecule has 1 saturated carbocycles. The highest BCUT2D eigenvalue weighted by atomic mass is 32.2. The molecule has 1 unspecified atom stereocenters. The van der Waals surface area contributed by atoms with Gasteiger partial charge in [-0.25, -0.2) is 8.42 Å². The van der Waals surface area contributed by atoms with E-state index in [4.69, 9.17) is 0 Å². The number of carbonyl (C=O) groups is 1. The molecule has 0 aromatic heterocycles. The zero-order valence-electron chi connectivity index (χ0n) is 16.9. The van der Waals surface area contributed by atoms with Gasteiger partial charge in [-0.05, 0) is 49.6 Å². The summed E-state index contributed by atoms with van der Waals surface area (Å²) >= 11 is 0. The van der Waals surface area contributed by atoms with Crippen LogP contribution in [0, 0.1) is 0 Å². The van der Waals surface area contributed by atoms with Crippen LogP contribution in [0.25, 0.3) is 0 Å². The third-order valence-corrected chi connectivity index (χ3v) is 6.68. The van der Waals surface area contributed by atoms with Gasteiger partial charge < -0.3 is 5.32 Å². The number of carbonyl (C=O) groups excluding carboxylic acids is 1. The van der Waals surface area contributed by atoms with Crippen molar-refractivity contribution in [2.24, 2.45) is 0 Å². The first-order valence-corrected chi connectivity index (χ1v) is 11.3. The Morgan fingerprint density at radius 3 is 2.38 bits per heavy atom. The molecule has 1 N–H and O–H groups in total. The van der Waals surface area contributed by atoms with E-state index >= 15 is 0 Å². The molecule has 1 fully saturated rings. The molecule has 1 aliphatic rings. The van der Waals surface area contributed by atoms with Crippen molar-refractivity contribution in [2.45, 2.75) is 48.7 Å². The monoisotopic (exact) mass is 476 g/mol. The minimum Gasteiger partial charge on any atom is -0.324 e. The van der Waals surface area contributed by atoms with E-state index in [1.54, 1.807) is 11.8 Å². The molecule has 0 heterocycles. The van der Waals surface area contributed by atoms with Gasteiger partial charge in [0.25, 0.3) is 0 Å². The average Bonchev–Trinajstić information content (AvgIpc) is 3.56. The zero-order valence-corrected chi connectivity index (χ0v) is 17.8. The van der Waals surface area contributed by atoms with Gasteiger partial charge in [0.2, 0.25) is 15.7 Å². The largest absolute Gasteiger partial charge is 0.416 e. The van der Waals surface area contributed by atoms with E-state index in [1.165, 1.54) is 30.3 Å². The molecule has 3 rings (SSSR count). The summed E-state index contributed by atoms with van der Waals surface area (Å²) < 4.78 is 88.9. The van der Waals surface area contributed by atoms with Gasteiger partial charge in [0.05, 0.1) is 22.7 Å². The van der Waals surface area contributed by atoms with E-state index in [-0.39, 0.29) is 18.3 Å². The number of halogens is 5. The van der Waals surface area contributed by atoms with Gasteiger partial charge in [0.15, 0.2) is 0 Å². The summed E-state index contributed by atoms with van der Waals surface area (Å²) in [6.45, 7) is 1.43. The second-order valence-electron chi connectivity index (χ2n) is 7.55. The van der Waals surface area contributed by atoms with Crippen LogP contribution in [-0.2, 0) is 20.8 Å². The molecule has 2 aromatic carbocycles. The van der Waals surface area contributed by atoms with Crippen molar-refractivity contribution >= 4 is 21.4 Å². The van der Waals surface area contributed by atoms with Crippen molar-refractivity contribution in [1.29, 1.82) is 0 Å². The van der Waals surface area contributed by atoms with Crippen LogP contribution in [0.5, 0.6) is 0 Å². The Morgan fingerprint density at radius 1 is 1.12 bits per heavy atom. The molecule has 0 radical (unpaired) electrons. The number of benzene rings is 2. The first-order valence-electron chi connectivity index (χ1n) is 9.75. The Morgan fingerprint density at radius 2 is 1.78 bits per heavy atom. The number of anilines is 1. The van der Waals surface area contributed by atoms with Gasteiger partial charge in [0.1, 0.15) is 0 Å². The van der Waals surface area contributed by atoms with Crippen LogP contribution in [0.15, 0.2) is 53.4 Å². The Balaban J connectivity index is 1.80. The summed E-state index contributed by atoms with van der Waals surface area (Å²) in [5.74, 6) is -4.31. The van der Waals surface area contributed by atoms with Gasteiger partial charge in [-0.15, -0.1) is 0 Å². The van der Waals surface area contributed by atoms with Crippen LogP contribution in [-0.4, -0.2) is 37.6 Å². The maximum absolute atomic E-state index is 13.1. The second-order valence-corrected chi connectivity index (χ2v) is 9.44. The number of alkyl halides is 5. The molecule has 0 saturated heterocycles. The van der Waals surface area contributed by atoms with E-state index < -0.39 is 44.2 Å². The molecule has 0 spiro atoms. The number of amides is 1. The SMILES string of the molecule is CC(c1cccc(C(F)(F)F)c1)N(CC(=O)Nc1ccccc1S(=O)(=O)C(F)F)C1CC1. The topological polar surface area (TPSA) is 66.5 Å². The van der Waals surface area contributed by atoms with E-state index in [9.17, 15) is 35.2 Å². The summed E-state index contributed by atoms with van der Waals surface area (Å²) in [7, 11) is -4.93. The fraction of sp³-hybridized carbons (Fsp3) is 0.381. The number of nitrogens with zero attached hydrogens (tertiary/aromatic N) is 1. The summed E-state index contributed by atoms with van der Waals surface area (Å²) in [6.07, 6.45) is -2.99. The maximum Gasteiger partial charge on any atom is 0.416 e. The van der Waals surface area contributed by atoms with Gasteiger partial charge in [-0.3, -0.25) is 9.69 Å². The van der Waals surface area contributed by atoms with Crippen molar-refractivity contribution in [3.05, 3.63) is 59.7 Å². The smallest absolute Gasteiger partial charge is 0.324 e. The van der Waals surface area contributed by atoms with Crippen LogP contribution in [0.2, 0.25) is 0 Å². The van der Waals surface area contributed by atoms with Crippen molar-refractivity contribution in [1.82, 2.24) is 4.90 Å². The Kier molecular flexibility index (Phi) is 6.89. The van der Waals surface area contributed by atoms with Crippen LogP contribution in [0.3, 0.4) is 0 Å². The molecular weight excluding hydrogens is 455 g/mol. The molecule has 1 amide bonds. The third-order valence-electron chi connectivity index (χ3n) is 5.24. The highest BCUT2D eigenvalue weighted by Gasteiger charge is 2.36. The summed E-state index contributed by atoms with van der Waals surface area (Å²) in [6, 6.07) is 9.10. The molecule has 0 aliphatic heterocycles. The predicted molar refractivity (Wildman–Crippen MR) is 108 cm³/mol. The molecule has 2 aromatic rings. The first-order chi connectivity index (χ1) is 14.9. The number of para-hydroxylation sites is 1. The van der Waals surface area contributed by atoms with Crippen LogP contribution >= 0.6 is 0 Å². The fourth-order valence-electron chi connectivity index (χ4n) is 3.42. The van der Waals surface area contributed by atoms with Crippen molar-refractivity contribution in [2.75, 3.05) is 11.9 Å². The molecule has 1 aliphatic carbocycles. The van der Waals surface area contributed by atoms with E-state index in [0.717, 1.165) is 31.0 Å². The van der Waals surface area contributed by atoms with Gasteiger partial charge in [-0.1, -0.05) is 24.3 Å². The lowest BCUT2D eigenvalue weighted by Crippen LogP contribution is -2.37. The van der Waals surface area contributed by atoms with Crippen molar-refractivity contribution in [3.63, 3.8) is 0 Å². The average molecular weight is 476 g/mol. The quantitative estimate of drug-likeness (QED) is 0.553. The highest BCUT2D eigenvalue weighted by Crippen LogP contribution is 2.36. The predicted octanol–water partition coefficient (Wildman–Crippen LogP) is 4.87. The third kappa shape index (κ3) is 5.44. The molecule has 174 valence electrons. The minimum absolute atomic E-state index is 0.0228. The molecule has 0 bridgehead atoms. The molecule has 1 atom stereocenters. The second kappa shape index (κ2) is 9.14. The van der Waals surface area contributed by atoms with Crippen LogP contribution in [0.4, 0.5) is 27.6 Å². The van der Waals surface area contributed by atoms with Crippen molar-refractivity contribution < 1.29 is 35.2 Å². The Labute approximate surface area is 182 Å². The maximum atomic E-state index is 13.1. The van der Waals surface area contributed by atoms with Gasteiger partial charge >= 0.3 is 11.9 Å². The van der Waals surface area contributed by atoms with Gasteiger partial charge in [-0.2, -0.15) is 22.0 Å². The summed E-state index contributed by atoms with van der Waals surface area (Å²) in [5.41, 5.74) is -0.700. The summed E-state index contributed by atoms with van der Waals surface area (Å²) in [4.78, 5) is 13.7. The van der Waals surface area contributed by atoms with Crippen molar-refractivity contribution in [3.8, 4) is 0 Å². The fourth-order valence-corrected chi connectivity index (χ4v) is 4.31. The molecule has 5 nitrogen and oxygen atoms in total. The zero-order chi connectivity index (χ0) is 23.7. The lowest BCUT2D eigenvalue weighted by molar-refractivity contribution is -0.137. The van der Waals surface area contributed by atoms with Crippen LogP contribution in [0.1, 0.15) is 36.9 Å². The van der Waals surface area contributed by atoms with Crippen LogP contribution < -0.4 is 5.32 Å².